The molecule has 1 N–H and O–H groups in total. The fourth-order valence-electron chi connectivity index (χ4n) is 3.98. The lowest BCUT2D eigenvalue weighted by Gasteiger charge is -2.31. The van der Waals surface area contributed by atoms with Gasteiger partial charge in [0.1, 0.15) is 17.0 Å². The molecule has 1 aliphatic rings. The average molecular weight is 469 g/mol. The normalized spacial score (nSPS) is 15.8. The number of fused-ring (bicyclic) bond motifs is 3. The second-order valence-corrected chi connectivity index (χ2v) is 9.29. The average Bonchev–Trinajstić information content (AvgIpc) is 3.20. The van der Waals surface area contributed by atoms with Crippen LogP contribution in [0.3, 0.4) is 0 Å². The smallest absolute Gasteiger partial charge is 0.253 e. The first kappa shape index (κ1) is 21.6. The summed E-state index contributed by atoms with van der Waals surface area (Å²) < 4.78 is 27.6. The third-order valence-corrected chi connectivity index (χ3v) is 7.17. The van der Waals surface area contributed by atoms with Gasteiger partial charge in [-0.1, -0.05) is 12.1 Å². The molecule has 0 atom stereocenters. The third kappa shape index (κ3) is 4.10. The maximum Gasteiger partial charge on any atom is 0.253 e. The van der Waals surface area contributed by atoms with Crippen LogP contribution >= 0.6 is 11.3 Å². The number of nitrogens with one attached hydrogen (secondary N) is 1. The van der Waals surface area contributed by atoms with Crippen molar-refractivity contribution in [3.8, 4) is 0 Å². The molecule has 0 aliphatic carbocycles. The van der Waals surface area contributed by atoms with Crippen LogP contribution in [0.2, 0.25) is 0 Å². The first-order valence-electron chi connectivity index (χ1n) is 10.7. The number of nitrogens with zero attached hydrogens (tertiary/aromatic N) is 5. The minimum absolute atomic E-state index is 0.0807. The van der Waals surface area contributed by atoms with Crippen LogP contribution in [-0.4, -0.2) is 50.0 Å². The highest BCUT2D eigenvalue weighted by Crippen LogP contribution is 2.36. The Morgan fingerprint density at radius 1 is 1.12 bits per heavy atom. The van der Waals surface area contributed by atoms with Crippen molar-refractivity contribution in [3.63, 3.8) is 0 Å². The van der Waals surface area contributed by atoms with E-state index in [0.29, 0.717) is 12.1 Å². The number of anilines is 1. The summed E-state index contributed by atoms with van der Waals surface area (Å²) >= 11 is 1.50. The molecule has 170 valence electrons. The van der Waals surface area contributed by atoms with E-state index in [2.05, 4.69) is 25.5 Å². The zero-order chi connectivity index (χ0) is 23.2. The maximum absolute atomic E-state index is 13.4. The number of carbonyl (C=O) groups excluding carboxylic acids is 1. The maximum atomic E-state index is 13.4. The standard InChI is InChI=1S/C23H22F2N6OS/c1-13-14(2)29-30-21-17(13)18-19(33-21)20(28-12-27-18)26-11-15-3-5-16(6-4-15)22(32)31-9-7-23(24,25)8-10-31/h3-6,12H,7-11H2,1-2H3,(H,26,27,28). The van der Waals surface area contributed by atoms with Crippen LogP contribution in [0.25, 0.3) is 20.4 Å². The molecule has 4 aromatic rings. The van der Waals surface area contributed by atoms with Crippen LogP contribution in [0.4, 0.5) is 14.6 Å². The number of alkyl halides is 2. The summed E-state index contributed by atoms with van der Waals surface area (Å²) in [5.74, 6) is -2.16. The quantitative estimate of drug-likeness (QED) is 0.466. The molecule has 10 heteroatoms. The number of aryl methyl sites for hydroxylation is 2. The molecule has 1 amide bonds. The Balaban J connectivity index is 1.31. The summed E-state index contributed by atoms with van der Waals surface area (Å²) in [6.45, 7) is 4.62. The predicted octanol–water partition coefficient (Wildman–Crippen LogP) is 4.73. The SMILES string of the molecule is Cc1nnc2sc3c(NCc4ccc(C(=O)N5CCC(F)(F)CC5)cc4)ncnc3c2c1C. The van der Waals surface area contributed by atoms with Crippen molar-refractivity contribution >= 4 is 43.5 Å². The van der Waals surface area contributed by atoms with Gasteiger partial charge in [-0.3, -0.25) is 4.79 Å². The molecular weight excluding hydrogens is 446 g/mol. The van der Waals surface area contributed by atoms with Gasteiger partial charge in [-0.05, 0) is 37.1 Å². The summed E-state index contributed by atoms with van der Waals surface area (Å²) in [7, 11) is 0. The number of carbonyl (C=O) groups is 1. The number of piperidine rings is 1. The first-order chi connectivity index (χ1) is 15.8. The summed E-state index contributed by atoms with van der Waals surface area (Å²) in [5.41, 5.74) is 4.27. The Labute approximate surface area is 192 Å². The summed E-state index contributed by atoms with van der Waals surface area (Å²) in [4.78, 5) is 23.8. The van der Waals surface area contributed by atoms with E-state index < -0.39 is 5.92 Å². The molecule has 7 nitrogen and oxygen atoms in total. The fourth-order valence-corrected chi connectivity index (χ4v) is 5.08. The van der Waals surface area contributed by atoms with E-state index in [0.717, 1.165) is 43.1 Å². The second-order valence-electron chi connectivity index (χ2n) is 8.29. The number of rotatable bonds is 4. The minimum atomic E-state index is -2.67. The van der Waals surface area contributed by atoms with Crippen LogP contribution in [0.15, 0.2) is 30.6 Å². The molecule has 0 spiro atoms. The van der Waals surface area contributed by atoms with Gasteiger partial charge in [0.15, 0.2) is 0 Å². The van der Waals surface area contributed by atoms with Crippen molar-refractivity contribution in [2.45, 2.75) is 39.2 Å². The highest BCUT2D eigenvalue weighted by molar-refractivity contribution is 7.25. The summed E-state index contributed by atoms with van der Waals surface area (Å²) in [5, 5.41) is 12.9. The third-order valence-electron chi connectivity index (χ3n) is 6.10. The molecule has 1 aromatic carbocycles. The molecule has 4 heterocycles. The van der Waals surface area contributed by atoms with Crippen LogP contribution in [0, 0.1) is 13.8 Å². The molecule has 5 rings (SSSR count). The van der Waals surface area contributed by atoms with Gasteiger partial charge in [0.05, 0.1) is 15.9 Å². The van der Waals surface area contributed by atoms with Gasteiger partial charge < -0.3 is 10.2 Å². The van der Waals surface area contributed by atoms with Gasteiger partial charge in [0, 0.05) is 43.4 Å². The molecule has 1 aliphatic heterocycles. The van der Waals surface area contributed by atoms with Crippen LogP contribution in [0.5, 0.6) is 0 Å². The lowest BCUT2D eigenvalue weighted by atomic mass is 10.0. The van der Waals surface area contributed by atoms with Gasteiger partial charge in [-0.2, -0.15) is 5.10 Å². The topological polar surface area (TPSA) is 83.9 Å². The monoisotopic (exact) mass is 468 g/mol. The van der Waals surface area contributed by atoms with E-state index in [9.17, 15) is 13.6 Å². The van der Waals surface area contributed by atoms with E-state index in [1.807, 2.05) is 26.0 Å². The van der Waals surface area contributed by atoms with E-state index >= 15 is 0 Å². The van der Waals surface area contributed by atoms with Gasteiger partial charge in [-0.15, -0.1) is 16.4 Å². The van der Waals surface area contributed by atoms with Crippen LogP contribution in [-0.2, 0) is 6.54 Å². The zero-order valence-corrected chi connectivity index (χ0v) is 19.0. The molecule has 1 saturated heterocycles. The number of thiophene rings is 1. The fraction of sp³-hybridized carbons (Fsp3) is 0.348. The number of hydrogen-bond acceptors (Lipinski definition) is 7. The van der Waals surface area contributed by atoms with E-state index in [4.69, 9.17) is 0 Å². The van der Waals surface area contributed by atoms with Gasteiger partial charge >= 0.3 is 0 Å². The predicted molar refractivity (Wildman–Crippen MR) is 124 cm³/mol. The number of aromatic nitrogens is 4. The Bertz CT molecular complexity index is 1340. The molecular formula is C23H22F2N6OS. The van der Waals surface area contributed by atoms with Crippen molar-refractivity contribution in [3.05, 3.63) is 53.0 Å². The lowest BCUT2D eigenvalue weighted by Crippen LogP contribution is -2.42. The molecule has 0 radical (unpaired) electrons. The van der Waals surface area contributed by atoms with Crippen molar-refractivity contribution in [1.29, 1.82) is 0 Å². The van der Waals surface area contributed by atoms with Gasteiger partial charge in [-0.25, -0.2) is 18.7 Å². The Morgan fingerprint density at radius 3 is 2.58 bits per heavy atom. The van der Waals surface area contributed by atoms with E-state index in [1.165, 1.54) is 22.6 Å². The molecule has 0 bridgehead atoms. The van der Waals surface area contributed by atoms with Gasteiger partial charge in [0.2, 0.25) is 0 Å². The lowest BCUT2D eigenvalue weighted by molar-refractivity contribution is -0.0494. The van der Waals surface area contributed by atoms with Crippen molar-refractivity contribution in [2.24, 2.45) is 0 Å². The Morgan fingerprint density at radius 2 is 1.85 bits per heavy atom. The molecule has 33 heavy (non-hydrogen) atoms. The van der Waals surface area contributed by atoms with Crippen molar-refractivity contribution < 1.29 is 13.6 Å². The summed E-state index contributed by atoms with van der Waals surface area (Å²) in [6.07, 6.45) is 0.975. The van der Waals surface area contributed by atoms with Crippen LogP contribution in [0.1, 0.15) is 40.0 Å². The Hall–Kier alpha value is -3.27. The molecule has 0 unspecified atom stereocenters. The number of hydrogen-bond donors (Lipinski definition) is 1. The van der Waals surface area contributed by atoms with Gasteiger partial charge in [0.25, 0.3) is 11.8 Å². The molecule has 3 aromatic heterocycles. The minimum Gasteiger partial charge on any atom is -0.365 e. The number of halogens is 2. The second kappa shape index (κ2) is 8.26. The van der Waals surface area contributed by atoms with Crippen LogP contribution < -0.4 is 5.32 Å². The van der Waals surface area contributed by atoms with E-state index in [1.54, 1.807) is 12.1 Å². The molecule has 0 saturated carbocycles. The Kier molecular flexibility index (Phi) is 5.40. The highest BCUT2D eigenvalue weighted by Gasteiger charge is 2.35. The molecule has 1 fully saturated rings. The van der Waals surface area contributed by atoms with Crippen molar-refractivity contribution in [1.82, 2.24) is 25.1 Å². The van der Waals surface area contributed by atoms with E-state index in [-0.39, 0.29) is 31.8 Å². The first-order valence-corrected chi connectivity index (χ1v) is 11.5. The number of likely N-dealkylation sites (tertiary alicyclic amines) is 1. The number of amides is 1. The highest BCUT2D eigenvalue weighted by atomic mass is 32.1. The number of benzene rings is 1. The summed E-state index contributed by atoms with van der Waals surface area (Å²) in [6, 6.07) is 7.20. The largest absolute Gasteiger partial charge is 0.365 e. The zero-order valence-electron chi connectivity index (χ0n) is 18.2. The van der Waals surface area contributed by atoms with Crippen molar-refractivity contribution in [2.75, 3.05) is 18.4 Å².